The van der Waals surface area contributed by atoms with Crippen LogP contribution in [0.15, 0.2) is 41.5 Å². The summed E-state index contributed by atoms with van der Waals surface area (Å²) in [6.07, 6.45) is 1.31. The van der Waals surface area contributed by atoms with Gasteiger partial charge in [0, 0.05) is 11.6 Å². The van der Waals surface area contributed by atoms with E-state index in [4.69, 9.17) is 9.47 Å². The molecule has 2 aromatic rings. The zero-order chi connectivity index (χ0) is 19.1. The lowest BCUT2D eigenvalue weighted by atomic mass is 10.1. The smallest absolute Gasteiger partial charge is 0.311 e. The highest BCUT2D eigenvalue weighted by molar-refractivity contribution is 5.84. The SMILES string of the molecule is COc1ccc(/C=N/NC(=O)COc2cc(C)cc(C)c2)cc1[N+](=O)[O-]. The predicted octanol–water partition coefficient (Wildman–Crippen LogP) is 2.75. The first-order chi connectivity index (χ1) is 12.4. The van der Waals surface area contributed by atoms with Gasteiger partial charge in [-0.15, -0.1) is 0 Å². The van der Waals surface area contributed by atoms with Crippen molar-refractivity contribution in [3.63, 3.8) is 0 Å². The number of rotatable bonds is 7. The van der Waals surface area contributed by atoms with Crippen molar-refractivity contribution < 1.29 is 19.2 Å². The molecule has 0 aliphatic carbocycles. The molecule has 0 saturated carbocycles. The molecule has 0 spiro atoms. The summed E-state index contributed by atoms with van der Waals surface area (Å²) < 4.78 is 10.3. The van der Waals surface area contributed by atoms with Crippen molar-refractivity contribution in [1.29, 1.82) is 0 Å². The summed E-state index contributed by atoms with van der Waals surface area (Å²) in [5.41, 5.74) is 4.67. The second kappa shape index (κ2) is 8.61. The lowest BCUT2D eigenvalue weighted by Gasteiger charge is -2.07. The molecule has 26 heavy (non-hydrogen) atoms. The molecule has 8 heteroatoms. The maximum atomic E-state index is 11.8. The Morgan fingerprint density at radius 2 is 1.92 bits per heavy atom. The van der Waals surface area contributed by atoms with Crippen molar-refractivity contribution in [3.05, 3.63) is 63.2 Å². The van der Waals surface area contributed by atoms with E-state index in [1.54, 1.807) is 6.07 Å². The number of nitro benzene ring substituents is 1. The third-order valence-corrected chi connectivity index (χ3v) is 3.37. The van der Waals surface area contributed by atoms with Gasteiger partial charge in [-0.2, -0.15) is 5.10 Å². The Morgan fingerprint density at radius 3 is 2.54 bits per heavy atom. The molecule has 0 saturated heterocycles. The molecule has 0 aliphatic heterocycles. The number of nitro groups is 1. The normalized spacial score (nSPS) is 10.6. The highest BCUT2D eigenvalue weighted by atomic mass is 16.6. The number of carbonyl (C=O) groups is 1. The minimum absolute atomic E-state index is 0.151. The Kier molecular flexibility index (Phi) is 6.26. The topological polar surface area (TPSA) is 103 Å². The van der Waals surface area contributed by atoms with Crippen LogP contribution in [0.25, 0.3) is 0 Å². The maximum absolute atomic E-state index is 11.8. The third kappa shape index (κ3) is 5.30. The van der Waals surface area contributed by atoms with Gasteiger partial charge in [0.25, 0.3) is 5.91 Å². The van der Waals surface area contributed by atoms with Crippen LogP contribution in [-0.2, 0) is 4.79 Å². The quantitative estimate of drug-likeness (QED) is 0.466. The molecule has 0 aromatic heterocycles. The van der Waals surface area contributed by atoms with Gasteiger partial charge in [-0.1, -0.05) is 6.07 Å². The molecule has 0 aliphatic rings. The highest BCUT2D eigenvalue weighted by Gasteiger charge is 2.14. The van der Waals surface area contributed by atoms with E-state index in [-0.39, 0.29) is 18.0 Å². The molecular weight excluding hydrogens is 338 g/mol. The van der Waals surface area contributed by atoms with Gasteiger partial charge >= 0.3 is 5.69 Å². The summed E-state index contributed by atoms with van der Waals surface area (Å²) >= 11 is 0. The van der Waals surface area contributed by atoms with Gasteiger partial charge in [0.15, 0.2) is 12.4 Å². The molecule has 0 radical (unpaired) electrons. The predicted molar refractivity (Wildman–Crippen MR) is 96.8 cm³/mol. The second-order valence-corrected chi connectivity index (χ2v) is 5.59. The summed E-state index contributed by atoms with van der Waals surface area (Å²) in [4.78, 5) is 22.2. The lowest BCUT2D eigenvalue weighted by Crippen LogP contribution is -2.24. The van der Waals surface area contributed by atoms with E-state index in [1.165, 1.54) is 25.5 Å². The maximum Gasteiger partial charge on any atom is 0.311 e. The molecule has 0 heterocycles. The molecule has 0 unspecified atom stereocenters. The number of nitrogens with zero attached hydrogens (tertiary/aromatic N) is 2. The molecule has 0 atom stereocenters. The van der Waals surface area contributed by atoms with Crippen molar-refractivity contribution >= 4 is 17.8 Å². The molecule has 1 amide bonds. The standard InChI is InChI=1S/C18H19N3O5/c1-12-6-13(2)8-15(7-12)26-11-18(22)20-19-10-14-4-5-17(25-3)16(9-14)21(23)24/h4-10H,11H2,1-3H3,(H,20,22)/b19-10+. The summed E-state index contributed by atoms with van der Waals surface area (Å²) in [5, 5.41) is 14.8. The zero-order valence-corrected chi connectivity index (χ0v) is 14.7. The van der Waals surface area contributed by atoms with E-state index >= 15 is 0 Å². The van der Waals surface area contributed by atoms with Gasteiger partial charge in [-0.25, -0.2) is 5.43 Å². The Bertz CT molecular complexity index is 828. The van der Waals surface area contributed by atoms with Crippen molar-refractivity contribution in [3.8, 4) is 11.5 Å². The molecule has 0 fully saturated rings. The molecule has 0 bridgehead atoms. The average molecular weight is 357 g/mol. The average Bonchev–Trinajstić information content (AvgIpc) is 2.59. The first-order valence-corrected chi connectivity index (χ1v) is 7.74. The number of benzene rings is 2. The number of methoxy groups -OCH3 is 1. The van der Waals surface area contributed by atoms with Gasteiger partial charge < -0.3 is 9.47 Å². The van der Waals surface area contributed by atoms with E-state index in [0.29, 0.717) is 11.3 Å². The van der Waals surface area contributed by atoms with Gasteiger partial charge in [0.1, 0.15) is 5.75 Å². The van der Waals surface area contributed by atoms with Crippen molar-refractivity contribution in [2.45, 2.75) is 13.8 Å². The number of hydrazone groups is 1. The molecule has 8 nitrogen and oxygen atoms in total. The molecule has 2 rings (SSSR count). The summed E-state index contributed by atoms with van der Waals surface area (Å²) in [6, 6.07) is 10.0. The van der Waals surface area contributed by atoms with E-state index in [9.17, 15) is 14.9 Å². The van der Waals surface area contributed by atoms with E-state index in [1.807, 2.05) is 32.0 Å². The van der Waals surface area contributed by atoms with Gasteiger partial charge in [0.05, 0.1) is 18.2 Å². The highest BCUT2D eigenvalue weighted by Crippen LogP contribution is 2.26. The lowest BCUT2D eigenvalue weighted by molar-refractivity contribution is -0.385. The zero-order valence-electron chi connectivity index (χ0n) is 14.7. The number of hydrogen-bond acceptors (Lipinski definition) is 6. The number of amides is 1. The number of ether oxygens (including phenoxy) is 2. The van der Waals surface area contributed by atoms with Gasteiger partial charge in [-0.05, 0) is 49.2 Å². The number of hydrogen-bond donors (Lipinski definition) is 1. The van der Waals surface area contributed by atoms with Crippen LogP contribution in [0, 0.1) is 24.0 Å². The van der Waals surface area contributed by atoms with Crippen molar-refractivity contribution in [1.82, 2.24) is 5.43 Å². The number of aryl methyl sites for hydroxylation is 2. The largest absolute Gasteiger partial charge is 0.490 e. The monoisotopic (exact) mass is 357 g/mol. The molecule has 136 valence electrons. The van der Waals surface area contributed by atoms with E-state index in [0.717, 1.165) is 11.1 Å². The summed E-state index contributed by atoms with van der Waals surface area (Å²) in [6.45, 7) is 3.69. The molecular formula is C18H19N3O5. The van der Waals surface area contributed by atoms with Crippen LogP contribution in [0.4, 0.5) is 5.69 Å². The first kappa shape index (κ1) is 18.9. The van der Waals surface area contributed by atoms with Crippen LogP contribution in [0.1, 0.15) is 16.7 Å². The minimum atomic E-state index is -0.549. The van der Waals surface area contributed by atoms with Crippen molar-refractivity contribution in [2.75, 3.05) is 13.7 Å². The third-order valence-electron chi connectivity index (χ3n) is 3.37. The van der Waals surface area contributed by atoms with E-state index in [2.05, 4.69) is 10.5 Å². The Labute approximate surface area is 150 Å². The second-order valence-electron chi connectivity index (χ2n) is 5.59. The van der Waals surface area contributed by atoms with Gasteiger partial charge in [-0.3, -0.25) is 14.9 Å². The Hall–Kier alpha value is -3.42. The van der Waals surface area contributed by atoms with Crippen LogP contribution in [0.3, 0.4) is 0 Å². The Morgan fingerprint density at radius 1 is 1.23 bits per heavy atom. The van der Waals surface area contributed by atoms with Crippen LogP contribution in [-0.4, -0.2) is 30.8 Å². The van der Waals surface area contributed by atoms with Crippen LogP contribution in [0.5, 0.6) is 11.5 Å². The molecule has 2 aromatic carbocycles. The van der Waals surface area contributed by atoms with Crippen LogP contribution < -0.4 is 14.9 Å². The summed E-state index contributed by atoms with van der Waals surface area (Å²) in [7, 11) is 1.35. The number of nitrogens with one attached hydrogen (secondary N) is 1. The minimum Gasteiger partial charge on any atom is -0.490 e. The van der Waals surface area contributed by atoms with Gasteiger partial charge in [0.2, 0.25) is 0 Å². The summed E-state index contributed by atoms with van der Waals surface area (Å²) in [5.74, 6) is 0.314. The van der Waals surface area contributed by atoms with Crippen molar-refractivity contribution in [2.24, 2.45) is 5.10 Å². The van der Waals surface area contributed by atoms with Crippen LogP contribution in [0.2, 0.25) is 0 Å². The molecule has 1 N–H and O–H groups in total. The fraction of sp³-hybridized carbons (Fsp3) is 0.222. The van der Waals surface area contributed by atoms with Crippen LogP contribution >= 0.6 is 0 Å². The van der Waals surface area contributed by atoms with E-state index < -0.39 is 10.8 Å². The fourth-order valence-corrected chi connectivity index (χ4v) is 2.31. The first-order valence-electron chi connectivity index (χ1n) is 7.74. The Balaban J connectivity index is 1.92. The fourth-order valence-electron chi connectivity index (χ4n) is 2.31. The number of carbonyl (C=O) groups excluding carboxylic acids is 1.